The van der Waals surface area contributed by atoms with Crippen LogP contribution >= 0.6 is 8.03 Å². The van der Waals surface area contributed by atoms with E-state index in [-0.39, 0.29) is 22.8 Å². The van der Waals surface area contributed by atoms with E-state index in [1.165, 1.54) is 5.57 Å². The van der Waals surface area contributed by atoms with Crippen LogP contribution in [0.5, 0.6) is 0 Å². The molecular weight excluding hydrogens is 321 g/mol. The SMILES string of the molecule is CCO[P+](=O)C(N(OC(C)C1=CC=CCC1)C(C)(C)C)C(C)(C)C. The van der Waals surface area contributed by atoms with Crippen molar-refractivity contribution in [2.45, 2.75) is 85.7 Å². The Labute approximate surface area is 149 Å². The Balaban J connectivity index is 3.11. The first-order valence-electron chi connectivity index (χ1n) is 8.89. The largest absolute Gasteiger partial charge is 0.530 e. The molecule has 0 saturated heterocycles. The van der Waals surface area contributed by atoms with Gasteiger partial charge in [-0.05, 0) is 57.6 Å². The second-order valence-electron chi connectivity index (χ2n) is 8.40. The zero-order valence-corrected chi connectivity index (χ0v) is 17.5. The van der Waals surface area contributed by atoms with Crippen molar-refractivity contribution < 1.29 is 13.9 Å². The van der Waals surface area contributed by atoms with Gasteiger partial charge in [-0.25, -0.2) is 0 Å². The molecule has 1 aliphatic rings. The van der Waals surface area contributed by atoms with Gasteiger partial charge in [0.15, 0.2) is 0 Å². The number of rotatable bonds is 7. The Morgan fingerprint density at radius 3 is 2.29 bits per heavy atom. The van der Waals surface area contributed by atoms with Crippen molar-refractivity contribution in [2.75, 3.05) is 6.61 Å². The molecule has 0 fully saturated rings. The predicted molar refractivity (Wildman–Crippen MR) is 101 cm³/mol. The fourth-order valence-corrected chi connectivity index (χ4v) is 4.33. The second kappa shape index (κ2) is 8.71. The average Bonchev–Trinajstić information content (AvgIpc) is 2.45. The molecule has 0 aromatic heterocycles. The molecule has 1 rings (SSSR count). The fourth-order valence-electron chi connectivity index (χ4n) is 2.73. The van der Waals surface area contributed by atoms with Crippen LogP contribution in [0.1, 0.15) is 68.2 Å². The molecule has 5 heteroatoms. The summed E-state index contributed by atoms with van der Waals surface area (Å²) in [6.07, 6.45) is 8.38. The Morgan fingerprint density at radius 2 is 1.88 bits per heavy atom. The second-order valence-corrected chi connectivity index (χ2v) is 9.71. The molecule has 0 aromatic rings. The Kier molecular flexibility index (Phi) is 7.80. The van der Waals surface area contributed by atoms with Crippen LogP contribution in [0.25, 0.3) is 0 Å². The van der Waals surface area contributed by atoms with Crippen molar-refractivity contribution >= 4 is 8.03 Å². The van der Waals surface area contributed by atoms with Gasteiger partial charge in [-0.15, -0.1) is 9.59 Å². The van der Waals surface area contributed by atoms with Crippen LogP contribution < -0.4 is 0 Å². The lowest BCUT2D eigenvalue weighted by molar-refractivity contribution is -0.252. The smallest absolute Gasteiger partial charge is 0.287 e. The lowest BCUT2D eigenvalue weighted by Gasteiger charge is -2.41. The maximum atomic E-state index is 12.8. The molecule has 1 aliphatic carbocycles. The van der Waals surface area contributed by atoms with E-state index in [9.17, 15) is 4.57 Å². The quantitative estimate of drug-likeness (QED) is 0.425. The zero-order chi connectivity index (χ0) is 18.5. The number of hydrogen-bond acceptors (Lipinski definition) is 4. The summed E-state index contributed by atoms with van der Waals surface area (Å²) in [5.74, 6) is -0.324. The fraction of sp³-hybridized carbons (Fsp3) is 0.789. The molecule has 4 nitrogen and oxygen atoms in total. The summed E-state index contributed by atoms with van der Waals surface area (Å²) in [5, 5.41) is 1.91. The van der Waals surface area contributed by atoms with Gasteiger partial charge < -0.3 is 0 Å². The molecule has 0 bridgehead atoms. The number of hydrogen-bond donors (Lipinski definition) is 0. The minimum atomic E-state index is -1.87. The highest BCUT2D eigenvalue weighted by atomic mass is 31.1. The lowest BCUT2D eigenvalue weighted by Crippen LogP contribution is -2.53. The summed E-state index contributed by atoms with van der Waals surface area (Å²) in [6, 6.07) is 0. The van der Waals surface area contributed by atoms with Crippen molar-refractivity contribution in [3.8, 4) is 0 Å². The molecule has 0 aliphatic heterocycles. The minimum absolute atomic E-state index is 0.0518. The van der Waals surface area contributed by atoms with Gasteiger partial charge in [-0.3, -0.25) is 4.84 Å². The highest BCUT2D eigenvalue weighted by Crippen LogP contribution is 2.46. The standard InChI is InChI=1S/C19H35NO3P/c1-9-22-24(21)17(18(3,4)5)20(19(6,7)8)23-15(2)16-13-11-10-12-14-16/h10-11,13,15,17H,9,12,14H2,1-8H3/q+1. The molecule has 0 saturated carbocycles. The first kappa shape index (κ1) is 21.5. The Hall–Kier alpha value is -0.540. The van der Waals surface area contributed by atoms with Gasteiger partial charge in [0.25, 0.3) is 5.78 Å². The van der Waals surface area contributed by atoms with Crippen molar-refractivity contribution in [2.24, 2.45) is 5.41 Å². The maximum absolute atomic E-state index is 12.8. The lowest BCUT2D eigenvalue weighted by atomic mass is 9.94. The Morgan fingerprint density at radius 1 is 1.25 bits per heavy atom. The van der Waals surface area contributed by atoms with Gasteiger partial charge in [0.05, 0.1) is 12.7 Å². The van der Waals surface area contributed by atoms with Crippen LogP contribution in [0.2, 0.25) is 0 Å². The van der Waals surface area contributed by atoms with Crippen molar-refractivity contribution in [1.29, 1.82) is 0 Å². The molecule has 0 aromatic carbocycles. The van der Waals surface area contributed by atoms with Crippen molar-refractivity contribution in [3.05, 3.63) is 23.8 Å². The molecule has 0 heterocycles. The van der Waals surface area contributed by atoms with E-state index in [0.29, 0.717) is 6.61 Å². The highest BCUT2D eigenvalue weighted by molar-refractivity contribution is 7.40. The van der Waals surface area contributed by atoms with Gasteiger partial charge in [0.2, 0.25) is 0 Å². The van der Waals surface area contributed by atoms with Crippen LogP contribution in [0.4, 0.5) is 0 Å². The van der Waals surface area contributed by atoms with Gasteiger partial charge in [-0.2, -0.15) is 0 Å². The van der Waals surface area contributed by atoms with E-state index >= 15 is 0 Å². The number of allylic oxidation sites excluding steroid dienone is 3. The van der Waals surface area contributed by atoms with E-state index in [1.807, 2.05) is 12.0 Å². The molecule has 0 radical (unpaired) electrons. The first-order valence-corrected chi connectivity index (χ1v) is 10.1. The Bertz CT molecular complexity index is 486. The molecule has 0 spiro atoms. The van der Waals surface area contributed by atoms with Crippen LogP contribution in [-0.4, -0.2) is 29.1 Å². The minimum Gasteiger partial charge on any atom is -0.287 e. The van der Waals surface area contributed by atoms with Crippen LogP contribution in [0.3, 0.4) is 0 Å². The molecule has 3 unspecified atom stereocenters. The van der Waals surface area contributed by atoms with Crippen LogP contribution in [-0.2, 0) is 13.9 Å². The molecule has 0 N–H and O–H groups in total. The summed E-state index contributed by atoms with van der Waals surface area (Å²) < 4.78 is 18.3. The molecular formula is C19H35NO3P+. The summed E-state index contributed by atoms with van der Waals surface area (Å²) >= 11 is 0. The average molecular weight is 356 g/mol. The summed E-state index contributed by atoms with van der Waals surface area (Å²) in [4.78, 5) is 6.38. The number of hydroxylamine groups is 2. The maximum Gasteiger partial charge on any atom is 0.530 e. The zero-order valence-electron chi connectivity index (χ0n) is 16.6. The van der Waals surface area contributed by atoms with Gasteiger partial charge >= 0.3 is 8.03 Å². The van der Waals surface area contributed by atoms with Crippen LogP contribution in [0.15, 0.2) is 23.8 Å². The monoisotopic (exact) mass is 356 g/mol. The van der Waals surface area contributed by atoms with Crippen molar-refractivity contribution in [1.82, 2.24) is 5.06 Å². The third-order valence-corrected chi connectivity index (χ3v) is 5.85. The summed E-state index contributed by atoms with van der Waals surface area (Å²) in [6.45, 7) is 16.9. The van der Waals surface area contributed by atoms with Crippen LogP contribution in [0, 0.1) is 5.41 Å². The molecule has 0 amide bonds. The first-order chi connectivity index (χ1) is 11.0. The molecule has 3 atom stereocenters. The summed E-state index contributed by atoms with van der Waals surface area (Å²) in [5.41, 5.74) is 0.738. The van der Waals surface area contributed by atoms with E-state index in [4.69, 9.17) is 9.36 Å². The molecule has 24 heavy (non-hydrogen) atoms. The molecule has 138 valence electrons. The third kappa shape index (κ3) is 6.07. The van der Waals surface area contributed by atoms with Gasteiger partial charge in [0, 0.05) is 11.0 Å². The third-order valence-electron chi connectivity index (χ3n) is 3.95. The summed E-state index contributed by atoms with van der Waals surface area (Å²) in [7, 11) is -1.87. The van der Waals surface area contributed by atoms with E-state index < -0.39 is 8.03 Å². The predicted octanol–water partition coefficient (Wildman–Crippen LogP) is 5.83. The van der Waals surface area contributed by atoms with Gasteiger partial charge in [0.1, 0.15) is 0 Å². The normalized spacial score (nSPS) is 19.2. The highest BCUT2D eigenvalue weighted by Gasteiger charge is 2.52. The topological polar surface area (TPSA) is 38.8 Å². The van der Waals surface area contributed by atoms with Crippen molar-refractivity contribution in [3.63, 3.8) is 0 Å². The van der Waals surface area contributed by atoms with Gasteiger partial charge in [-0.1, -0.05) is 39.0 Å². The number of nitrogens with zero attached hydrogens (tertiary/aromatic N) is 1. The van der Waals surface area contributed by atoms with E-state index in [0.717, 1.165) is 12.8 Å². The van der Waals surface area contributed by atoms with E-state index in [2.05, 4.69) is 66.7 Å². The van der Waals surface area contributed by atoms with E-state index in [1.54, 1.807) is 0 Å².